The van der Waals surface area contributed by atoms with Gasteiger partial charge in [-0.3, -0.25) is 9.80 Å². The van der Waals surface area contributed by atoms with Crippen LogP contribution in [0.2, 0.25) is 0 Å². The molecule has 2 fully saturated rings. The molecule has 0 N–H and O–H groups in total. The average Bonchev–Trinajstić information content (AvgIpc) is 2.83. The van der Waals surface area contributed by atoms with E-state index in [0.29, 0.717) is 11.2 Å². The van der Waals surface area contributed by atoms with Crippen LogP contribution in [0.1, 0.15) is 42.4 Å². The summed E-state index contributed by atoms with van der Waals surface area (Å²) in [6.45, 7) is 6.68. The largest absolute Gasteiger partial charge is 0.416 e. The molecule has 2 aromatic carbocycles. The standard InChI is InChI=1S/C27H34F3N3/c28-27(29,30)24-8-5-9-25(20-24)32-17-14-31(15-18-32)16-19-33-13-4-3-11-26(33)12-10-22-6-1-2-7-23(22)21-26/h1-2,5-9,20H,3-4,10-19,21H2. The minimum Gasteiger partial charge on any atom is -0.369 e. The third kappa shape index (κ3) is 4.92. The number of aryl methyl sites for hydroxylation is 1. The van der Waals surface area contributed by atoms with E-state index in [9.17, 15) is 13.2 Å². The number of hydrogen-bond acceptors (Lipinski definition) is 3. The van der Waals surface area contributed by atoms with Crippen LogP contribution in [0.3, 0.4) is 0 Å². The fourth-order valence-electron chi connectivity index (χ4n) is 6.14. The second kappa shape index (κ2) is 9.30. The van der Waals surface area contributed by atoms with Crippen molar-refractivity contribution in [2.24, 2.45) is 0 Å². The maximum Gasteiger partial charge on any atom is 0.416 e. The van der Waals surface area contributed by atoms with Crippen LogP contribution >= 0.6 is 0 Å². The second-order valence-electron chi connectivity index (χ2n) is 9.99. The first-order valence-electron chi connectivity index (χ1n) is 12.4. The van der Waals surface area contributed by atoms with E-state index in [1.54, 1.807) is 6.07 Å². The van der Waals surface area contributed by atoms with E-state index in [1.807, 2.05) is 0 Å². The lowest BCUT2D eigenvalue weighted by molar-refractivity contribution is -0.137. The van der Waals surface area contributed by atoms with E-state index in [4.69, 9.17) is 0 Å². The Kier molecular flexibility index (Phi) is 6.41. The van der Waals surface area contributed by atoms with Crippen LogP contribution in [-0.2, 0) is 19.0 Å². The van der Waals surface area contributed by atoms with Crippen LogP contribution in [0.25, 0.3) is 0 Å². The highest BCUT2D eigenvalue weighted by Gasteiger charge is 2.41. The topological polar surface area (TPSA) is 9.72 Å². The molecule has 178 valence electrons. The Hall–Kier alpha value is -2.05. The van der Waals surface area contributed by atoms with Crippen LogP contribution in [0, 0.1) is 0 Å². The Labute approximate surface area is 195 Å². The fraction of sp³-hybridized carbons (Fsp3) is 0.556. The minimum absolute atomic E-state index is 0.312. The van der Waals surface area contributed by atoms with Crippen molar-refractivity contribution >= 4 is 5.69 Å². The van der Waals surface area contributed by atoms with Gasteiger partial charge in [0.25, 0.3) is 0 Å². The lowest BCUT2D eigenvalue weighted by Crippen LogP contribution is -2.57. The molecule has 0 bridgehead atoms. The van der Waals surface area contributed by atoms with Crippen LogP contribution in [0.15, 0.2) is 48.5 Å². The number of hydrogen-bond donors (Lipinski definition) is 0. The van der Waals surface area contributed by atoms with E-state index in [2.05, 4.69) is 39.0 Å². The fourth-order valence-corrected chi connectivity index (χ4v) is 6.14. The van der Waals surface area contributed by atoms with Crippen molar-refractivity contribution in [1.82, 2.24) is 9.80 Å². The van der Waals surface area contributed by atoms with Gasteiger partial charge in [0.2, 0.25) is 0 Å². The molecule has 1 unspecified atom stereocenters. The number of benzene rings is 2. The Bertz CT molecular complexity index is 952. The van der Waals surface area contributed by atoms with Gasteiger partial charge < -0.3 is 4.90 Å². The van der Waals surface area contributed by atoms with Crippen molar-refractivity contribution < 1.29 is 13.2 Å². The van der Waals surface area contributed by atoms with Gasteiger partial charge in [0.1, 0.15) is 0 Å². The molecule has 2 saturated heterocycles. The smallest absolute Gasteiger partial charge is 0.369 e. The summed E-state index contributed by atoms with van der Waals surface area (Å²) in [5.41, 5.74) is 3.49. The van der Waals surface area contributed by atoms with E-state index >= 15 is 0 Å². The normalized spacial score (nSPS) is 24.8. The molecule has 1 spiro atoms. The number of nitrogens with zero attached hydrogens (tertiary/aromatic N) is 3. The molecule has 2 heterocycles. The third-order valence-corrected chi connectivity index (χ3v) is 8.09. The maximum absolute atomic E-state index is 13.1. The lowest BCUT2D eigenvalue weighted by atomic mass is 9.72. The van der Waals surface area contributed by atoms with Crippen molar-refractivity contribution in [3.8, 4) is 0 Å². The van der Waals surface area contributed by atoms with Crippen molar-refractivity contribution in [2.45, 2.75) is 50.2 Å². The van der Waals surface area contributed by atoms with E-state index in [1.165, 1.54) is 68.3 Å². The number of alkyl halides is 3. The van der Waals surface area contributed by atoms with Crippen molar-refractivity contribution in [3.05, 3.63) is 65.2 Å². The summed E-state index contributed by atoms with van der Waals surface area (Å²) >= 11 is 0. The zero-order valence-corrected chi connectivity index (χ0v) is 19.3. The zero-order chi connectivity index (χ0) is 22.9. The summed E-state index contributed by atoms with van der Waals surface area (Å²) in [5, 5.41) is 0. The quantitative estimate of drug-likeness (QED) is 0.622. The first-order valence-corrected chi connectivity index (χ1v) is 12.4. The van der Waals surface area contributed by atoms with Crippen LogP contribution < -0.4 is 4.90 Å². The molecule has 0 aromatic heterocycles. The number of piperidine rings is 1. The number of anilines is 1. The summed E-state index contributed by atoms with van der Waals surface area (Å²) in [6, 6.07) is 14.7. The minimum atomic E-state index is -4.29. The molecule has 0 saturated carbocycles. The predicted octanol–water partition coefficient (Wildman–Crippen LogP) is 5.24. The van der Waals surface area contributed by atoms with Crippen molar-refractivity contribution in [1.29, 1.82) is 0 Å². The molecule has 1 atom stereocenters. The number of rotatable bonds is 4. The molecule has 0 amide bonds. The maximum atomic E-state index is 13.1. The highest BCUT2D eigenvalue weighted by atomic mass is 19.4. The van der Waals surface area contributed by atoms with Gasteiger partial charge in [-0.25, -0.2) is 0 Å². The molecule has 3 nitrogen and oxygen atoms in total. The van der Waals surface area contributed by atoms with Gasteiger partial charge in [-0.2, -0.15) is 13.2 Å². The van der Waals surface area contributed by atoms with Gasteiger partial charge in [-0.15, -0.1) is 0 Å². The monoisotopic (exact) mass is 457 g/mol. The predicted molar refractivity (Wildman–Crippen MR) is 127 cm³/mol. The highest BCUT2D eigenvalue weighted by Crippen LogP contribution is 2.39. The molecule has 3 aliphatic rings. The van der Waals surface area contributed by atoms with Gasteiger partial charge >= 0.3 is 6.18 Å². The third-order valence-electron chi connectivity index (χ3n) is 8.09. The summed E-state index contributed by atoms with van der Waals surface area (Å²) in [7, 11) is 0. The SMILES string of the molecule is FC(F)(F)c1cccc(N2CCN(CCN3CCCCC34CCc3ccccc3C4)CC2)c1. The Morgan fingerprint density at radius 3 is 2.36 bits per heavy atom. The molecule has 0 radical (unpaired) electrons. The number of halogens is 3. The van der Waals surface area contributed by atoms with E-state index in [0.717, 1.165) is 45.3 Å². The first kappa shape index (κ1) is 22.7. The lowest BCUT2D eigenvalue weighted by Gasteiger charge is -2.51. The van der Waals surface area contributed by atoms with Crippen LogP contribution in [-0.4, -0.2) is 61.2 Å². The molecule has 2 aliphatic heterocycles. The molecule has 1 aliphatic carbocycles. The van der Waals surface area contributed by atoms with E-state index < -0.39 is 11.7 Å². The highest BCUT2D eigenvalue weighted by molar-refractivity contribution is 5.49. The van der Waals surface area contributed by atoms with E-state index in [-0.39, 0.29) is 0 Å². The Balaban J connectivity index is 1.17. The van der Waals surface area contributed by atoms with Crippen LogP contribution in [0.4, 0.5) is 18.9 Å². The molecular formula is C27H34F3N3. The van der Waals surface area contributed by atoms with Crippen molar-refractivity contribution in [3.63, 3.8) is 0 Å². The van der Waals surface area contributed by atoms with Crippen molar-refractivity contribution in [2.75, 3.05) is 50.7 Å². The second-order valence-corrected chi connectivity index (χ2v) is 9.99. The zero-order valence-electron chi connectivity index (χ0n) is 19.3. The average molecular weight is 458 g/mol. The summed E-state index contributed by atoms with van der Waals surface area (Å²) in [5.74, 6) is 0. The van der Waals surface area contributed by atoms with Gasteiger partial charge in [0.15, 0.2) is 0 Å². The first-order chi connectivity index (χ1) is 15.9. The summed E-state index contributed by atoms with van der Waals surface area (Å²) in [6.07, 6.45) is 3.23. The number of likely N-dealkylation sites (tertiary alicyclic amines) is 1. The number of piperazine rings is 1. The Morgan fingerprint density at radius 1 is 0.788 bits per heavy atom. The van der Waals surface area contributed by atoms with Gasteiger partial charge in [-0.05, 0) is 68.0 Å². The summed E-state index contributed by atoms with van der Waals surface area (Å²) in [4.78, 5) is 7.35. The molecule has 5 rings (SSSR count). The molecule has 2 aromatic rings. The van der Waals surface area contributed by atoms with Gasteiger partial charge in [-0.1, -0.05) is 36.8 Å². The van der Waals surface area contributed by atoms with Gasteiger partial charge in [0.05, 0.1) is 5.56 Å². The van der Waals surface area contributed by atoms with Crippen LogP contribution in [0.5, 0.6) is 0 Å². The molecule has 33 heavy (non-hydrogen) atoms. The number of fused-ring (bicyclic) bond motifs is 1. The van der Waals surface area contributed by atoms with Gasteiger partial charge in [0, 0.05) is 50.5 Å². The molecule has 6 heteroatoms. The molecular weight excluding hydrogens is 423 g/mol. The summed E-state index contributed by atoms with van der Waals surface area (Å²) < 4.78 is 39.2. The Morgan fingerprint density at radius 2 is 1.58 bits per heavy atom.